The molecule has 17 heavy (non-hydrogen) atoms. The van der Waals surface area contributed by atoms with Crippen molar-refractivity contribution in [2.45, 2.75) is 26.1 Å². The summed E-state index contributed by atoms with van der Waals surface area (Å²) in [5.41, 5.74) is 0.0664. The molecule has 4 nitrogen and oxygen atoms in total. The van der Waals surface area contributed by atoms with Crippen LogP contribution >= 0.6 is 22.6 Å². The number of aryl methyl sites for hydroxylation is 1. The molecule has 0 unspecified atom stereocenters. The Morgan fingerprint density at radius 1 is 1.59 bits per heavy atom. The largest absolute Gasteiger partial charge is 0.461 e. The zero-order valence-electron chi connectivity index (χ0n) is 8.92. The minimum absolute atomic E-state index is 0.0664. The highest BCUT2D eigenvalue weighted by molar-refractivity contribution is 14.1. The topological polar surface area (TPSA) is 44.1 Å². The SMILES string of the molecule is CCOC(=O)c1c(I)cnn1CCC(F)(F)F. The second kappa shape index (κ2) is 5.69. The number of alkyl halides is 3. The number of rotatable bonds is 4. The molecule has 0 aliphatic heterocycles. The fraction of sp³-hybridized carbons (Fsp3) is 0.556. The Labute approximate surface area is 109 Å². The number of nitrogens with zero attached hydrogens (tertiary/aromatic N) is 2. The van der Waals surface area contributed by atoms with Crippen LogP contribution in [0, 0.1) is 3.57 Å². The fourth-order valence-electron chi connectivity index (χ4n) is 1.17. The second-order valence-electron chi connectivity index (χ2n) is 3.15. The van der Waals surface area contributed by atoms with Crippen LogP contribution in [-0.2, 0) is 11.3 Å². The van der Waals surface area contributed by atoms with Crippen LogP contribution in [0.5, 0.6) is 0 Å². The van der Waals surface area contributed by atoms with Gasteiger partial charge in [0.2, 0.25) is 0 Å². The van der Waals surface area contributed by atoms with Crippen LogP contribution in [0.4, 0.5) is 13.2 Å². The van der Waals surface area contributed by atoms with Gasteiger partial charge in [0.25, 0.3) is 0 Å². The summed E-state index contributed by atoms with van der Waals surface area (Å²) < 4.78 is 42.5. The third-order valence-electron chi connectivity index (χ3n) is 1.87. The number of hydrogen-bond acceptors (Lipinski definition) is 3. The summed E-state index contributed by atoms with van der Waals surface area (Å²) in [5.74, 6) is -0.656. The van der Waals surface area contributed by atoms with E-state index in [-0.39, 0.29) is 18.8 Å². The van der Waals surface area contributed by atoms with Gasteiger partial charge in [0, 0.05) is 0 Å². The van der Waals surface area contributed by atoms with E-state index >= 15 is 0 Å². The van der Waals surface area contributed by atoms with Crippen LogP contribution in [0.25, 0.3) is 0 Å². The molecule has 0 atom stereocenters. The van der Waals surface area contributed by atoms with Gasteiger partial charge in [-0.3, -0.25) is 4.68 Å². The Kier molecular flexibility index (Phi) is 4.78. The lowest BCUT2D eigenvalue weighted by Crippen LogP contribution is -2.18. The highest BCUT2D eigenvalue weighted by Crippen LogP contribution is 2.21. The van der Waals surface area contributed by atoms with Crippen molar-refractivity contribution in [1.29, 1.82) is 0 Å². The van der Waals surface area contributed by atoms with E-state index < -0.39 is 18.6 Å². The maximum absolute atomic E-state index is 12.1. The molecule has 0 spiro atoms. The molecular formula is C9H10F3IN2O2. The van der Waals surface area contributed by atoms with Gasteiger partial charge in [0.15, 0.2) is 5.69 Å². The smallest absolute Gasteiger partial charge is 0.390 e. The molecule has 0 radical (unpaired) electrons. The average molecular weight is 362 g/mol. The predicted octanol–water partition coefficient (Wildman–Crippen LogP) is 2.62. The molecule has 0 bridgehead atoms. The van der Waals surface area contributed by atoms with Gasteiger partial charge in [-0.15, -0.1) is 0 Å². The van der Waals surface area contributed by atoms with E-state index in [1.54, 1.807) is 6.92 Å². The third kappa shape index (κ3) is 4.17. The molecule has 0 amide bonds. The first kappa shape index (κ1) is 14.3. The Morgan fingerprint density at radius 2 is 2.24 bits per heavy atom. The Morgan fingerprint density at radius 3 is 2.76 bits per heavy atom. The summed E-state index contributed by atoms with van der Waals surface area (Å²) in [6.45, 7) is 1.40. The van der Waals surface area contributed by atoms with Crippen LogP contribution in [0.2, 0.25) is 0 Å². The Hall–Kier alpha value is -0.800. The van der Waals surface area contributed by atoms with Crippen LogP contribution in [-0.4, -0.2) is 28.5 Å². The molecule has 96 valence electrons. The summed E-state index contributed by atoms with van der Waals surface area (Å²) >= 11 is 1.83. The number of hydrogen-bond donors (Lipinski definition) is 0. The summed E-state index contributed by atoms with van der Waals surface area (Å²) in [7, 11) is 0. The molecule has 0 N–H and O–H groups in total. The first-order chi connectivity index (χ1) is 7.85. The Balaban J connectivity index is 2.83. The molecule has 0 aliphatic carbocycles. The van der Waals surface area contributed by atoms with E-state index in [4.69, 9.17) is 4.74 Å². The number of carbonyl (C=O) groups is 1. The number of aromatic nitrogens is 2. The predicted molar refractivity (Wildman–Crippen MR) is 61.6 cm³/mol. The molecule has 1 aromatic heterocycles. The standard InChI is InChI=1S/C9H10F3IN2O2/c1-2-17-8(16)7-6(13)5-14-15(7)4-3-9(10,11)12/h5H,2-4H2,1H3. The van der Waals surface area contributed by atoms with Crippen LogP contribution in [0.15, 0.2) is 6.20 Å². The van der Waals surface area contributed by atoms with Gasteiger partial charge in [0.05, 0.1) is 29.3 Å². The maximum atomic E-state index is 12.1. The molecule has 8 heteroatoms. The van der Waals surface area contributed by atoms with Crippen molar-refractivity contribution in [3.8, 4) is 0 Å². The highest BCUT2D eigenvalue weighted by Gasteiger charge is 2.28. The maximum Gasteiger partial charge on any atom is 0.390 e. The lowest BCUT2D eigenvalue weighted by atomic mass is 10.4. The molecule has 0 saturated heterocycles. The van der Waals surface area contributed by atoms with Gasteiger partial charge in [-0.05, 0) is 29.5 Å². The first-order valence-electron chi connectivity index (χ1n) is 4.80. The van der Waals surface area contributed by atoms with Crippen molar-refractivity contribution in [3.63, 3.8) is 0 Å². The third-order valence-corrected chi connectivity index (χ3v) is 2.66. The molecule has 1 rings (SSSR count). The summed E-state index contributed by atoms with van der Waals surface area (Å²) in [6, 6.07) is 0. The van der Waals surface area contributed by atoms with Gasteiger partial charge in [-0.25, -0.2) is 4.79 Å². The van der Waals surface area contributed by atoms with E-state index in [1.165, 1.54) is 6.20 Å². The molecule has 0 saturated carbocycles. The van der Waals surface area contributed by atoms with E-state index in [0.717, 1.165) is 4.68 Å². The van der Waals surface area contributed by atoms with Crippen molar-refractivity contribution < 1.29 is 22.7 Å². The van der Waals surface area contributed by atoms with Crippen LogP contribution in [0.1, 0.15) is 23.8 Å². The number of carbonyl (C=O) groups excluding carboxylic acids is 1. The lowest BCUT2D eigenvalue weighted by molar-refractivity contribution is -0.137. The monoisotopic (exact) mass is 362 g/mol. The van der Waals surface area contributed by atoms with Crippen molar-refractivity contribution in [3.05, 3.63) is 15.5 Å². The Bertz CT molecular complexity index is 403. The van der Waals surface area contributed by atoms with Gasteiger partial charge in [0.1, 0.15) is 0 Å². The van der Waals surface area contributed by atoms with E-state index in [9.17, 15) is 18.0 Å². The van der Waals surface area contributed by atoms with Crippen molar-refractivity contribution in [2.75, 3.05) is 6.61 Å². The van der Waals surface area contributed by atoms with Crippen molar-refractivity contribution in [1.82, 2.24) is 9.78 Å². The normalized spacial score (nSPS) is 11.6. The number of ether oxygens (including phenoxy) is 1. The molecule has 1 heterocycles. The van der Waals surface area contributed by atoms with Crippen LogP contribution < -0.4 is 0 Å². The average Bonchev–Trinajstić information content (AvgIpc) is 2.56. The van der Waals surface area contributed by atoms with Gasteiger partial charge in [-0.2, -0.15) is 18.3 Å². The minimum atomic E-state index is -4.27. The zero-order chi connectivity index (χ0) is 13.1. The first-order valence-corrected chi connectivity index (χ1v) is 5.88. The lowest BCUT2D eigenvalue weighted by Gasteiger charge is -2.09. The summed E-state index contributed by atoms with van der Waals surface area (Å²) in [6.07, 6.45) is -3.97. The minimum Gasteiger partial charge on any atom is -0.461 e. The molecule has 1 aromatic rings. The van der Waals surface area contributed by atoms with Gasteiger partial charge < -0.3 is 4.74 Å². The van der Waals surface area contributed by atoms with Crippen molar-refractivity contribution in [2.24, 2.45) is 0 Å². The molecule has 0 aromatic carbocycles. The fourth-order valence-corrected chi connectivity index (χ4v) is 1.79. The second-order valence-corrected chi connectivity index (χ2v) is 4.31. The highest BCUT2D eigenvalue weighted by atomic mass is 127. The van der Waals surface area contributed by atoms with E-state index in [2.05, 4.69) is 5.10 Å². The van der Waals surface area contributed by atoms with Gasteiger partial charge in [-0.1, -0.05) is 0 Å². The number of esters is 1. The van der Waals surface area contributed by atoms with E-state index in [1.807, 2.05) is 22.6 Å². The van der Waals surface area contributed by atoms with Gasteiger partial charge >= 0.3 is 12.1 Å². The molecular weight excluding hydrogens is 352 g/mol. The summed E-state index contributed by atoms with van der Waals surface area (Å²) in [5, 5.41) is 3.73. The quantitative estimate of drug-likeness (QED) is 0.611. The van der Waals surface area contributed by atoms with Crippen LogP contribution in [0.3, 0.4) is 0 Å². The van der Waals surface area contributed by atoms with E-state index in [0.29, 0.717) is 3.57 Å². The number of halogens is 4. The molecule has 0 fully saturated rings. The molecule has 0 aliphatic rings. The summed E-state index contributed by atoms with van der Waals surface area (Å²) in [4.78, 5) is 11.5. The zero-order valence-corrected chi connectivity index (χ0v) is 11.1. The van der Waals surface area contributed by atoms with Crippen molar-refractivity contribution >= 4 is 28.6 Å².